The van der Waals surface area contributed by atoms with Gasteiger partial charge in [0.05, 0.1) is 0 Å². The molecule has 0 heterocycles. The van der Waals surface area contributed by atoms with Gasteiger partial charge in [0.1, 0.15) is 0 Å². The van der Waals surface area contributed by atoms with E-state index >= 15 is 0 Å². The Morgan fingerprint density at radius 3 is 2.67 bits per heavy atom. The summed E-state index contributed by atoms with van der Waals surface area (Å²) in [5.74, 6) is 0.924. The Kier molecular flexibility index (Phi) is 6.06. The molecule has 0 aromatic heterocycles. The average molecular weight is 288 g/mol. The number of benzene rings is 1. The SMILES string of the molecule is CN=C(NCCCC(=O)NC1CC1)NCc1ccccc1. The number of hydrogen-bond donors (Lipinski definition) is 3. The minimum Gasteiger partial charge on any atom is -0.356 e. The van der Waals surface area contributed by atoms with Crippen LogP contribution in [0, 0.1) is 0 Å². The zero-order valence-electron chi connectivity index (χ0n) is 12.6. The molecule has 0 unspecified atom stereocenters. The maximum absolute atomic E-state index is 11.5. The van der Waals surface area contributed by atoms with Crippen molar-refractivity contribution in [3.8, 4) is 0 Å². The molecule has 1 fully saturated rings. The van der Waals surface area contributed by atoms with Crippen molar-refractivity contribution in [3.05, 3.63) is 35.9 Å². The van der Waals surface area contributed by atoms with Gasteiger partial charge in [-0.25, -0.2) is 0 Å². The fourth-order valence-electron chi connectivity index (χ4n) is 1.99. The largest absolute Gasteiger partial charge is 0.356 e. The van der Waals surface area contributed by atoms with E-state index in [0.717, 1.165) is 38.3 Å². The molecule has 1 aliphatic carbocycles. The maximum atomic E-state index is 11.5. The molecular formula is C16H24N4O. The molecule has 0 aliphatic heterocycles. The van der Waals surface area contributed by atoms with Gasteiger partial charge in [-0.3, -0.25) is 9.79 Å². The number of carbonyl (C=O) groups excluding carboxylic acids is 1. The summed E-state index contributed by atoms with van der Waals surface area (Å²) in [5.41, 5.74) is 1.21. The van der Waals surface area contributed by atoms with Gasteiger partial charge in [-0.1, -0.05) is 30.3 Å². The first-order chi connectivity index (χ1) is 10.3. The minimum atomic E-state index is 0.159. The van der Waals surface area contributed by atoms with Crippen LogP contribution in [0.25, 0.3) is 0 Å². The topological polar surface area (TPSA) is 65.5 Å². The van der Waals surface area contributed by atoms with Crippen molar-refractivity contribution >= 4 is 11.9 Å². The molecule has 114 valence electrons. The number of amides is 1. The van der Waals surface area contributed by atoms with E-state index in [2.05, 4.69) is 33.1 Å². The number of carbonyl (C=O) groups is 1. The van der Waals surface area contributed by atoms with Crippen LogP contribution >= 0.6 is 0 Å². The van der Waals surface area contributed by atoms with E-state index in [1.807, 2.05) is 18.2 Å². The summed E-state index contributed by atoms with van der Waals surface area (Å²) in [6.45, 7) is 1.48. The van der Waals surface area contributed by atoms with E-state index < -0.39 is 0 Å². The predicted octanol–water partition coefficient (Wildman–Crippen LogP) is 1.41. The number of hydrogen-bond acceptors (Lipinski definition) is 2. The second-order valence-electron chi connectivity index (χ2n) is 5.28. The summed E-state index contributed by atoms with van der Waals surface area (Å²) in [5, 5.41) is 9.47. The molecule has 0 spiro atoms. The van der Waals surface area contributed by atoms with Gasteiger partial charge >= 0.3 is 0 Å². The van der Waals surface area contributed by atoms with Crippen LogP contribution in [0.4, 0.5) is 0 Å². The van der Waals surface area contributed by atoms with E-state index in [9.17, 15) is 4.79 Å². The van der Waals surface area contributed by atoms with Crippen molar-refractivity contribution in [1.29, 1.82) is 0 Å². The van der Waals surface area contributed by atoms with E-state index in [1.54, 1.807) is 7.05 Å². The van der Waals surface area contributed by atoms with Gasteiger partial charge in [0.25, 0.3) is 0 Å². The summed E-state index contributed by atoms with van der Waals surface area (Å²) >= 11 is 0. The van der Waals surface area contributed by atoms with Gasteiger partial charge in [0, 0.05) is 32.6 Å². The molecule has 3 N–H and O–H groups in total. The minimum absolute atomic E-state index is 0.159. The second-order valence-corrected chi connectivity index (χ2v) is 5.28. The fourth-order valence-corrected chi connectivity index (χ4v) is 1.99. The van der Waals surface area contributed by atoms with Crippen molar-refractivity contribution in [1.82, 2.24) is 16.0 Å². The summed E-state index contributed by atoms with van der Waals surface area (Å²) < 4.78 is 0. The highest BCUT2D eigenvalue weighted by atomic mass is 16.1. The molecule has 0 atom stereocenters. The van der Waals surface area contributed by atoms with E-state index in [4.69, 9.17) is 0 Å². The monoisotopic (exact) mass is 288 g/mol. The Balaban J connectivity index is 1.58. The van der Waals surface area contributed by atoms with Crippen LogP contribution in [0.2, 0.25) is 0 Å². The van der Waals surface area contributed by atoms with E-state index in [-0.39, 0.29) is 5.91 Å². The molecular weight excluding hydrogens is 264 g/mol. The third-order valence-corrected chi connectivity index (χ3v) is 3.34. The molecule has 1 aromatic carbocycles. The summed E-state index contributed by atoms with van der Waals surface area (Å²) in [6.07, 6.45) is 3.66. The van der Waals surface area contributed by atoms with Crippen molar-refractivity contribution in [2.75, 3.05) is 13.6 Å². The Bertz CT molecular complexity index is 468. The summed E-state index contributed by atoms with van der Waals surface area (Å²) in [4.78, 5) is 15.7. The Morgan fingerprint density at radius 1 is 1.24 bits per heavy atom. The van der Waals surface area contributed by atoms with Gasteiger partial charge in [-0.2, -0.15) is 0 Å². The molecule has 1 aromatic rings. The quantitative estimate of drug-likeness (QED) is 0.404. The van der Waals surface area contributed by atoms with Crippen LogP contribution in [0.15, 0.2) is 35.3 Å². The molecule has 21 heavy (non-hydrogen) atoms. The van der Waals surface area contributed by atoms with Crippen molar-refractivity contribution < 1.29 is 4.79 Å². The highest BCUT2D eigenvalue weighted by Gasteiger charge is 2.22. The van der Waals surface area contributed by atoms with Gasteiger partial charge < -0.3 is 16.0 Å². The van der Waals surface area contributed by atoms with E-state index in [1.165, 1.54) is 5.56 Å². The van der Waals surface area contributed by atoms with Crippen LogP contribution < -0.4 is 16.0 Å². The fraction of sp³-hybridized carbons (Fsp3) is 0.500. The third-order valence-electron chi connectivity index (χ3n) is 3.34. The number of guanidine groups is 1. The lowest BCUT2D eigenvalue weighted by Gasteiger charge is -2.11. The highest BCUT2D eigenvalue weighted by Crippen LogP contribution is 2.18. The molecule has 5 heteroatoms. The third kappa shape index (κ3) is 6.29. The first-order valence-electron chi connectivity index (χ1n) is 7.56. The van der Waals surface area contributed by atoms with Gasteiger partial charge in [-0.15, -0.1) is 0 Å². The molecule has 0 saturated heterocycles. The van der Waals surface area contributed by atoms with Gasteiger partial charge in [0.15, 0.2) is 5.96 Å². The van der Waals surface area contributed by atoms with Crippen LogP contribution in [0.3, 0.4) is 0 Å². The van der Waals surface area contributed by atoms with Gasteiger partial charge in [-0.05, 0) is 24.8 Å². The Hall–Kier alpha value is -2.04. The summed E-state index contributed by atoms with van der Waals surface area (Å²) in [6, 6.07) is 10.6. The lowest BCUT2D eigenvalue weighted by Crippen LogP contribution is -2.37. The van der Waals surface area contributed by atoms with Crippen molar-refractivity contribution in [2.45, 2.75) is 38.3 Å². The summed E-state index contributed by atoms with van der Waals surface area (Å²) in [7, 11) is 1.75. The molecule has 5 nitrogen and oxygen atoms in total. The molecule has 2 rings (SSSR count). The number of rotatable bonds is 7. The van der Waals surface area contributed by atoms with Crippen LogP contribution in [0.5, 0.6) is 0 Å². The Morgan fingerprint density at radius 2 is 2.00 bits per heavy atom. The predicted molar refractivity (Wildman–Crippen MR) is 85.0 cm³/mol. The van der Waals surface area contributed by atoms with Crippen molar-refractivity contribution in [3.63, 3.8) is 0 Å². The van der Waals surface area contributed by atoms with Crippen LogP contribution in [-0.2, 0) is 11.3 Å². The standard InChI is InChI=1S/C16H24N4O/c1-17-16(19-12-13-6-3-2-4-7-13)18-11-5-8-15(21)20-14-9-10-14/h2-4,6-7,14H,5,8-12H2,1H3,(H,20,21)(H2,17,18,19). The number of nitrogens with zero attached hydrogens (tertiary/aromatic N) is 1. The highest BCUT2D eigenvalue weighted by molar-refractivity contribution is 5.80. The van der Waals surface area contributed by atoms with Crippen LogP contribution in [0.1, 0.15) is 31.2 Å². The zero-order chi connectivity index (χ0) is 14.9. The van der Waals surface area contributed by atoms with E-state index in [0.29, 0.717) is 12.5 Å². The molecule has 1 aliphatic rings. The van der Waals surface area contributed by atoms with Crippen LogP contribution in [-0.4, -0.2) is 31.5 Å². The maximum Gasteiger partial charge on any atom is 0.220 e. The smallest absolute Gasteiger partial charge is 0.220 e. The molecule has 0 radical (unpaired) electrons. The van der Waals surface area contributed by atoms with Crippen molar-refractivity contribution in [2.24, 2.45) is 4.99 Å². The molecule has 0 bridgehead atoms. The molecule has 1 amide bonds. The second kappa shape index (κ2) is 8.29. The first kappa shape index (κ1) is 15.4. The normalized spacial score (nSPS) is 14.6. The molecule has 1 saturated carbocycles. The first-order valence-corrected chi connectivity index (χ1v) is 7.56. The Labute approximate surface area is 126 Å². The van der Waals surface area contributed by atoms with Gasteiger partial charge in [0.2, 0.25) is 5.91 Å². The average Bonchev–Trinajstić information content (AvgIpc) is 3.31. The zero-order valence-corrected chi connectivity index (χ0v) is 12.6. The number of nitrogens with one attached hydrogen (secondary N) is 3. The lowest BCUT2D eigenvalue weighted by atomic mass is 10.2. The number of aliphatic imine (C=N–C) groups is 1. The lowest BCUT2D eigenvalue weighted by molar-refractivity contribution is -0.121.